The first-order chi connectivity index (χ1) is 14.9. The largest absolute Gasteiger partial charge is 0.350 e. The van der Waals surface area contributed by atoms with Gasteiger partial charge in [-0.15, -0.1) is 0 Å². The maximum absolute atomic E-state index is 12.9. The number of sulfonamides is 1. The summed E-state index contributed by atoms with van der Waals surface area (Å²) < 4.78 is 26.1. The molecule has 2 aromatic rings. The zero-order chi connectivity index (χ0) is 22.3. The molecule has 0 bridgehead atoms. The maximum atomic E-state index is 12.9. The minimum absolute atomic E-state index is 0.297. The van der Waals surface area contributed by atoms with Crippen LogP contribution in [0.15, 0.2) is 54.6 Å². The number of nitrogens with one attached hydrogen (secondary N) is 1. The van der Waals surface area contributed by atoms with Gasteiger partial charge in [-0.25, -0.2) is 8.42 Å². The Morgan fingerprint density at radius 1 is 1.00 bits per heavy atom. The van der Waals surface area contributed by atoms with Crippen molar-refractivity contribution in [3.8, 4) is 0 Å². The minimum Gasteiger partial charge on any atom is -0.350 e. The standard InChI is InChI=1S/C24H33N3O3S/c1-3-23(27(31(2,29)30)22-10-6-4-7-11-22)24(28)25-18-20-12-14-21(15-13-20)19-26-16-8-5-9-17-26/h4,6-7,10-15,23H,3,5,8-9,16-19H2,1-2H3,(H,25,28)/t23-/m1/s1. The molecule has 6 nitrogen and oxygen atoms in total. The minimum atomic E-state index is -3.61. The van der Waals surface area contributed by atoms with Crippen LogP contribution in [0.25, 0.3) is 0 Å². The number of rotatable bonds is 9. The van der Waals surface area contributed by atoms with Gasteiger partial charge in [-0.3, -0.25) is 14.0 Å². The van der Waals surface area contributed by atoms with Gasteiger partial charge in [0.25, 0.3) is 0 Å². The van der Waals surface area contributed by atoms with Crippen LogP contribution in [0, 0.1) is 0 Å². The first kappa shape index (κ1) is 23.3. The van der Waals surface area contributed by atoms with Crippen LogP contribution in [0.4, 0.5) is 5.69 Å². The second kappa shape index (κ2) is 10.8. The predicted molar refractivity (Wildman–Crippen MR) is 125 cm³/mol. The maximum Gasteiger partial charge on any atom is 0.244 e. The molecule has 1 aliphatic heterocycles. The van der Waals surface area contributed by atoms with E-state index >= 15 is 0 Å². The van der Waals surface area contributed by atoms with Crippen molar-refractivity contribution in [3.63, 3.8) is 0 Å². The van der Waals surface area contributed by atoms with E-state index in [0.717, 1.165) is 31.5 Å². The van der Waals surface area contributed by atoms with E-state index in [9.17, 15) is 13.2 Å². The highest BCUT2D eigenvalue weighted by Crippen LogP contribution is 2.22. The number of carbonyl (C=O) groups is 1. The summed E-state index contributed by atoms with van der Waals surface area (Å²) in [7, 11) is -3.61. The molecular formula is C24H33N3O3S. The molecule has 0 saturated carbocycles. The van der Waals surface area contributed by atoms with Gasteiger partial charge in [-0.2, -0.15) is 0 Å². The SMILES string of the molecule is CC[C@H](C(=O)NCc1ccc(CN2CCCCC2)cc1)N(c1ccccc1)S(C)(=O)=O. The van der Waals surface area contributed by atoms with Crippen LogP contribution in [0.2, 0.25) is 0 Å². The van der Waals surface area contributed by atoms with Crippen molar-refractivity contribution < 1.29 is 13.2 Å². The number of hydrogen-bond acceptors (Lipinski definition) is 4. The monoisotopic (exact) mass is 443 g/mol. The molecule has 0 radical (unpaired) electrons. The van der Waals surface area contributed by atoms with Gasteiger partial charge in [0.05, 0.1) is 11.9 Å². The zero-order valence-corrected chi connectivity index (χ0v) is 19.3. The lowest BCUT2D eigenvalue weighted by atomic mass is 10.1. The highest BCUT2D eigenvalue weighted by molar-refractivity contribution is 7.92. The van der Waals surface area contributed by atoms with Gasteiger partial charge < -0.3 is 5.32 Å². The van der Waals surface area contributed by atoms with Crippen molar-refractivity contribution in [1.82, 2.24) is 10.2 Å². The Hall–Kier alpha value is -2.38. The molecule has 1 heterocycles. The Balaban J connectivity index is 1.62. The van der Waals surface area contributed by atoms with Gasteiger partial charge in [0.2, 0.25) is 15.9 Å². The van der Waals surface area contributed by atoms with Crippen LogP contribution in [-0.2, 0) is 27.9 Å². The molecular weight excluding hydrogens is 410 g/mol. The summed E-state index contributed by atoms with van der Waals surface area (Å²) >= 11 is 0. The zero-order valence-electron chi connectivity index (χ0n) is 18.5. The second-order valence-electron chi connectivity index (χ2n) is 8.19. The molecule has 1 saturated heterocycles. The van der Waals surface area contributed by atoms with E-state index in [4.69, 9.17) is 0 Å². The van der Waals surface area contributed by atoms with E-state index in [1.165, 1.54) is 29.1 Å². The lowest BCUT2D eigenvalue weighted by Gasteiger charge is -2.30. The fraction of sp³-hybridized carbons (Fsp3) is 0.458. The van der Waals surface area contributed by atoms with E-state index in [-0.39, 0.29) is 5.91 Å². The number of likely N-dealkylation sites (tertiary alicyclic amines) is 1. The molecule has 1 N–H and O–H groups in total. The van der Waals surface area contributed by atoms with Gasteiger partial charge in [0.15, 0.2) is 0 Å². The molecule has 1 atom stereocenters. The van der Waals surface area contributed by atoms with Crippen LogP contribution in [0.5, 0.6) is 0 Å². The molecule has 0 unspecified atom stereocenters. The quantitative estimate of drug-likeness (QED) is 0.644. The summed E-state index contributed by atoms with van der Waals surface area (Å²) in [6, 6.07) is 16.3. The van der Waals surface area contributed by atoms with Crippen molar-refractivity contribution >= 4 is 21.6 Å². The first-order valence-corrected chi connectivity index (χ1v) is 12.9. The lowest BCUT2D eigenvalue weighted by molar-refractivity contribution is -0.122. The summed E-state index contributed by atoms with van der Waals surface area (Å²) in [6.07, 6.45) is 5.39. The van der Waals surface area contributed by atoms with E-state index in [2.05, 4.69) is 22.3 Å². The molecule has 1 amide bonds. The number of hydrogen-bond donors (Lipinski definition) is 1. The summed E-state index contributed by atoms with van der Waals surface area (Å²) in [5.41, 5.74) is 2.76. The van der Waals surface area contributed by atoms with Crippen LogP contribution in [-0.4, -0.2) is 44.6 Å². The third kappa shape index (κ3) is 6.55. The number of amides is 1. The second-order valence-corrected chi connectivity index (χ2v) is 10.0. The Labute approximate surface area is 186 Å². The summed E-state index contributed by atoms with van der Waals surface area (Å²) in [6.45, 7) is 5.47. The average Bonchev–Trinajstić information content (AvgIpc) is 2.77. The number of carbonyl (C=O) groups excluding carboxylic acids is 1. The van der Waals surface area contributed by atoms with Crippen LogP contribution >= 0.6 is 0 Å². The van der Waals surface area contributed by atoms with Crippen molar-refractivity contribution in [3.05, 3.63) is 65.7 Å². The number of benzene rings is 2. The third-order valence-corrected chi connectivity index (χ3v) is 6.86. The van der Waals surface area contributed by atoms with Crippen molar-refractivity contribution in [1.29, 1.82) is 0 Å². The fourth-order valence-electron chi connectivity index (χ4n) is 4.08. The van der Waals surface area contributed by atoms with Crippen LogP contribution in [0.3, 0.4) is 0 Å². The predicted octanol–water partition coefficient (Wildman–Crippen LogP) is 3.53. The molecule has 168 valence electrons. The van der Waals surface area contributed by atoms with Gasteiger partial charge >= 0.3 is 0 Å². The van der Waals surface area contributed by atoms with E-state index in [1.54, 1.807) is 24.3 Å². The highest BCUT2D eigenvalue weighted by Gasteiger charge is 2.31. The number of nitrogens with zero attached hydrogens (tertiary/aromatic N) is 2. The molecule has 1 fully saturated rings. The van der Waals surface area contributed by atoms with Crippen LogP contribution in [0.1, 0.15) is 43.7 Å². The molecule has 31 heavy (non-hydrogen) atoms. The molecule has 0 aliphatic carbocycles. The van der Waals surface area contributed by atoms with Crippen molar-refractivity contribution in [2.24, 2.45) is 0 Å². The summed E-state index contributed by atoms with van der Waals surface area (Å²) in [5, 5.41) is 2.92. The molecule has 0 spiro atoms. The topological polar surface area (TPSA) is 69.7 Å². The average molecular weight is 444 g/mol. The van der Waals surface area contributed by atoms with Crippen molar-refractivity contribution in [2.75, 3.05) is 23.7 Å². The lowest BCUT2D eigenvalue weighted by Crippen LogP contribution is -2.49. The normalized spacial score (nSPS) is 15.9. The smallest absolute Gasteiger partial charge is 0.244 e. The van der Waals surface area contributed by atoms with Gasteiger partial charge in [0, 0.05) is 13.1 Å². The molecule has 2 aromatic carbocycles. The Kier molecular flexibility index (Phi) is 8.09. The summed E-state index contributed by atoms with van der Waals surface area (Å²) in [5.74, 6) is -0.297. The van der Waals surface area contributed by atoms with E-state index < -0.39 is 16.1 Å². The van der Waals surface area contributed by atoms with Gasteiger partial charge in [-0.1, -0.05) is 55.8 Å². The number of piperidine rings is 1. The molecule has 7 heteroatoms. The van der Waals surface area contributed by atoms with E-state index in [1.807, 2.05) is 25.1 Å². The van der Waals surface area contributed by atoms with Crippen LogP contribution < -0.4 is 9.62 Å². The third-order valence-electron chi connectivity index (χ3n) is 5.68. The first-order valence-electron chi connectivity index (χ1n) is 11.0. The number of para-hydroxylation sites is 1. The molecule has 1 aliphatic rings. The fourth-order valence-corrected chi connectivity index (χ4v) is 5.29. The summed E-state index contributed by atoms with van der Waals surface area (Å²) in [4.78, 5) is 15.4. The number of anilines is 1. The Morgan fingerprint density at radius 2 is 1.61 bits per heavy atom. The Morgan fingerprint density at radius 3 is 2.19 bits per heavy atom. The van der Waals surface area contributed by atoms with Gasteiger partial charge in [0.1, 0.15) is 6.04 Å². The van der Waals surface area contributed by atoms with E-state index in [0.29, 0.717) is 18.7 Å². The molecule has 3 rings (SSSR count). The highest BCUT2D eigenvalue weighted by atomic mass is 32.2. The molecule has 0 aromatic heterocycles. The Bertz CT molecular complexity index is 940. The van der Waals surface area contributed by atoms with Gasteiger partial charge in [-0.05, 0) is 55.6 Å². The van der Waals surface area contributed by atoms with Crippen molar-refractivity contribution in [2.45, 2.75) is 51.7 Å².